The van der Waals surface area contributed by atoms with Gasteiger partial charge in [0.25, 0.3) is 10.0 Å². The third-order valence-corrected chi connectivity index (χ3v) is 7.65. The third-order valence-electron chi connectivity index (χ3n) is 5.38. The summed E-state index contributed by atoms with van der Waals surface area (Å²) >= 11 is 1.58. The van der Waals surface area contributed by atoms with Gasteiger partial charge < -0.3 is 14.8 Å². The Bertz CT molecular complexity index is 1700. The first-order valence-electron chi connectivity index (χ1n) is 10.8. The number of nitrogens with one attached hydrogen (secondary N) is 2. The molecular formula is C24H19N5O4S2. The number of hydrogen-bond acceptors (Lipinski definition) is 9. The lowest BCUT2D eigenvalue weighted by atomic mass is 10.3. The van der Waals surface area contributed by atoms with Gasteiger partial charge >= 0.3 is 0 Å². The Morgan fingerprint density at radius 2 is 1.57 bits per heavy atom. The van der Waals surface area contributed by atoms with Crippen molar-refractivity contribution >= 4 is 59.9 Å². The second-order valence-corrected chi connectivity index (χ2v) is 10.8. The summed E-state index contributed by atoms with van der Waals surface area (Å²) in [6.45, 7) is 2.74. The summed E-state index contributed by atoms with van der Waals surface area (Å²) in [5.74, 6) is 1.26. The molecule has 0 unspecified atom stereocenters. The maximum atomic E-state index is 13.3. The van der Waals surface area contributed by atoms with Crippen molar-refractivity contribution in [3.8, 4) is 11.5 Å². The predicted molar refractivity (Wildman–Crippen MR) is 135 cm³/mol. The minimum absolute atomic E-state index is 0.0317. The Morgan fingerprint density at radius 1 is 0.829 bits per heavy atom. The second-order valence-electron chi connectivity index (χ2n) is 7.86. The van der Waals surface area contributed by atoms with E-state index in [2.05, 4.69) is 25.0 Å². The highest BCUT2D eigenvalue weighted by Gasteiger charge is 2.22. The minimum atomic E-state index is -4.00. The highest BCUT2D eigenvalue weighted by molar-refractivity contribution is 7.92. The number of aromatic nitrogens is 3. The Kier molecular flexibility index (Phi) is 5.15. The van der Waals surface area contributed by atoms with Crippen LogP contribution in [0.1, 0.15) is 5.01 Å². The number of ether oxygens (including phenoxy) is 2. The van der Waals surface area contributed by atoms with E-state index in [1.165, 1.54) is 12.1 Å². The Hall–Kier alpha value is -3.96. The summed E-state index contributed by atoms with van der Waals surface area (Å²) in [6, 6.07) is 17.5. The molecule has 0 saturated heterocycles. The summed E-state index contributed by atoms with van der Waals surface area (Å²) in [6.07, 6.45) is 0. The molecule has 0 spiro atoms. The van der Waals surface area contributed by atoms with Crippen LogP contribution < -0.4 is 19.5 Å². The number of rotatable bonds is 5. The molecule has 5 aromatic rings. The molecule has 6 rings (SSSR count). The van der Waals surface area contributed by atoms with Crippen LogP contribution in [0.25, 0.3) is 21.3 Å². The molecule has 0 amide bonds. The van der Waals surface area contributed by atoms with Gasteiger partial charge in [-0.2, -0.15) is 0 Å². The summed E-state index contributed by atoms with van der Waals surface area (Å²) in [5.41, 5.74) is 2.84. The van der Waals surface area contributed by atoms with E-state index < -0.39 is 10.0 Å². The molecule has 1 aliphatic heterocycles. The molecule has 0 aliphatic carbocycles. The van der Waals surface area contributed by atoms with Crippen molar-refractivity contribution in [2.75, 3.05) is 23.3 Å². The van der Waals surface area contributed by atoms with Gasteiger partial charge in [0.2, 0.25) is 0 Å². The number of aryl methyl sites for hydroxylation is 1. The molecule has 0 bridgehead atoms. The van der Waals surface area contributed by atoms with Gasteiger partial charge in [0.05, 0.1) is 31.2 Å². The molecule has 11 heteroatoms. The van der Waals surface area contributed by atoms with Gasteiger partial charge in [0, 0.05) is 11.8 Å². The number of hydrogen-bond donors (Lipinski definition) is 2. The zero-order valence-corrected chi connectivity index (χ0v) is 20.1. The standard InChI is InChI=1S/C24H19N5O4S2/c1-14-25-19-8-6-15(12-22(19)34-14)26-23-24(28-18-5-3-2-4-17(18)27-23)29-35(30,31)16-7-9-20-21(13-16)33-11-10-32-20/h2-9,12-13H,10-11H2,1H3,(H,26,27)(H,28,29). The number of thiazole rings is 1. The average Bonchev–Trinajstić information content (AvgIpc) is 3.23. The largest absolute Gasteiger partial charge is 0.486 e. The van der Waals surface area contributed by atoms with Crippen LogP contribution >= 0.6 is 11.3 Å². The van der Waals surface area contributed by atoms with E-state index in [1.54, 1.807) is 23.5 Å². The smallest absolute Gasteiger partial charge is 0.263 e. The number of fused-ring (bicyclic) bond motifs is 3. The van der Waals surface area contributed by atoms with Crippen LogP contribution in [0.2, 0.25) is 0 Å². The molecule has 2 aromatic heterocycles. The normalized spacial score (nSPS) is 13.2. The quantitative estimate of drug-likeness (QED) is 0.348. The number of benzene rings is 3. The van der Waals surface area contributed by atoms with E-state index in [-0.39, 0.29) is 16.5 Å². The van der Waals surface area contributed by atoms with Crippen LogP contribution in [0.15, 0.2) is 65.6 Å². The molecule has 0 saturated carbocycles. The molecule has 0 fully saturated rings. The summed E-state index contributed by atoms with van der Waals surface area (Å²) in [5, 5.41) is 4.19. The van der Waals surface area contributed by atoms with Crippen LogP contribution in [0.3, 0.4) is 0 Å². The van der Waals surface area contributed by atoms with Gasteiger partial charge in [-0.15, -0.1) is 11.3 Å². The first kappa shape index (κ1) is 21.6. The van der Waals surface area contributed by atoms with Crippen molar-refractivity contribution in [3.63, 3.8) is 0 Å². The molecular weight excluding hydrogens is 486 g/mol. The van der Waals surface area contributed by atoms with E-state index in [9.17, 15) is 8.42 Å². The highest BCUT2D eigenvalue weighted by Crippen LogP contribution is 2.34. The summed E-state index contributed by atoms with van der Waals surface area (Å²) in [4.78, 5) is 13.7. The van der Waals surface area contributed by atoms with Gasteiger partial charge in [-0.05, 0) is 49.4 Å². The molecule has 0 atom stereocenters. The fourth-order valence-corrected chi connectivity index (χ4v) is 5.68. The van der Waals surface area contributed by atoms with Gasteiger partial charge in [-0.25, -0.2) is 23.4 Å². The number of nitrogens with zero attached hydrogens (tertiary/aromatic N) is 3. The third kappa shape index (κ3) is 4.19. The van der Waals surface area contributed by atoms with Crippen molar-refractivity contribution in [2.45, 2.75) is 11.8 Å². The maximum absolute atomic E-state index is 13.3. The van der Waals surface area contributed by atoms with Crippen LogP contribution in [-0.4, -0.2) is 36.6 Å². The molecule has 0 radical (unpaired) electrons. The van der Waals surface area contributed by atoms with E-state index in [0.717, 1.165) is 20.9 Å². The average molecular weight is 506 g/mol. The zero-order chi connectivity index (χ0) is 24.0. The van der Waals surface area contributed by atoms with Crippen molar-refractivity contribution < 1.29 is 17.9 Å². The Balaban J connectivity index is 1.39. The Morgan fingerprint density at radius 3 is 2.37 bits per heavy atom. The lowest BCUT2D eigenvalue weighted by Gasteiger charge is -2.19. The SMILES string of the molecule is Cc1nc2ccc(Nc3nc4ccccc4nc3NS(=O)(=O)c3ccc4c(c3)OCCO4)cc2s1. The first-order valence-corrected chi connectivity index (χ1v) is 13.1. The van der Waals surface area contributed by atoms with E-state index in [1.807, 2.05) is 43.3 Å². The highest BCUT2D eigenvalue weighted by atomic mass is 32.2. The monoisotopic (exact) mass is 505 g/mol. The Labute approximate surface area is 204 Å². The molecule has 3 heterocycles. The van der Waals surface area contributed by atoms with E-state index >= 15 is 0 Å². The van der Waals surface area contributed by atoms with Crippen molar-refractivity contribution in [2.24, 2.45) is 0 Å². The molecule has 2 N–H and O–H groups in total. The van der Waals surface area contributed by atoms with Gasteiger partial charge in [-0.1, -0.05) is 12.1 Å². The molecule has 3 aromatic carbocycles. The lowest BCUT2D eigenvalue weighted by molar-refractivity contribution is 0.171. The summed E-state index contributed by atoms with van der Waals surface area (Å²) < 4.78 is 41.2. The van der Waals surface area contributed by atoms with Crippen molar-refractivity contribution in [1.82, 2.24) is 15.0 Å². The van der Waals surface area contributed by atoms with Crippen molar-refractivity contribution in [3.05, 3.63) is 65.7 Å². The summed E-state index contributed by atoms with van der Waals surface area (Å²) in [7, 11) is -4.00. The van der Waals surface area contributed by atoms with Crippen LogP contribution in [0, 0.1) is 6.92 Å². The fourth-order valence-electron chi connectivity index (χ4n) is 3.79. The number of para-hydroxylation sites is 2. The predicted octanol–water partition coefficient (Wildman–Crippen LogP) is 4.86. The van der Waals surface area contributed by atoms with Crippen LogP contribution in [-0.2, 0) is 10.0 Å². The van der Waals surface area contributed by atoms with E-state index in [4.69, 9.17) is 9.47 Å². The van der Waals surface area contributed by atoms with Crippen LogP contribution in [0.5, 0.6) is 11.5 Å². The second kappa shape index (κ2) is 8.36. The number of sulfonamides is 1. The van der Waals surface area contributed by atoms with Crippen molar-refractivity contribution in [1.29, 1.82) is 0 Å². The number of anilines is 3. The van der Waals surface area contributed by atoms with E-state index in [0.29, 0.717) is 35.7 Å². The molecule has 9 nitrogen and oxygen atoms in total. The fraction of sp³-hybridized carbons (Fsp3) is 0.125. The molecule has 1 aliphatic rings. The topological polar surface area (TPSA) is 115 Å². The first-order chi connectivity index (χ1) is 16.9. The minimum Gasteiger partial charge on any atom is -0.486 e. The lowest BCUT2D eigenvalue weighted by Crippen LogP contribution is -2.18. The zero-order valence-electron chi connectivity index (χ0n) is 18.5. The maximum Gasteiger partial charge on any atom is 0.263 e. The van der Waals surface area contributed by atoms with Gasteiger partial charge in [0.1, 0.15) is 13.2 Å². The van der Waals surface area contributed by atoms with Gasteiger partial charge in [-0.3, -0.25) is 4.72 Å². The molecule has 176 valence electrons. The van der Waals surface area contributed by atoms with Gasteiger partial charge in [0.15, 0.2) is 23.1 Å². The van der Waals surface area contributed by atoms with Crippen LogP contribution in [0.4, 0.5) is 17.3 Å². The molecule has 35 heavy (non-hydrogen) atoms.